The number of hydrogen-bond acceptors (Lipinski definition) is 6. The third-order valence-corrected chi connectivity index (χ3v) is 8.96. The second-order valence-corrected chi connectivity index (χ2v) is 13.6. The number of hydrogen-bond donors (Lipinski definition) is 1. The number of sulfonamides is 1. The predicted octanol–water partition coefficient (Wildman–Crippen LogP) is 5.48. The van der Waals surface area contributed by atoms with Crippen LogP contribution in [0.2, 0.25) is 10.0 Å². The van der Waals surface area contributed by atoms with Crippen LogP contribution in [-0.4, -0.2) is 63.2 Å². The molecule has 0 aromatic heterocycles. The molecule has 0 aliphatic carbocycles. The van der Waals surface area contributed by atoms with Crippen molar-refractivity contribution in [3.8, 4) is 11.5 Å². The molecule has 4 rings (SSSR count). The number of nitrogens with one attached hydrogen (secondary N) is 1. The van der Waals surface area contributed by atoms with E-state index in [0.717, 1.165) is 11.8 Å². The molecule has 44 heavy (non-hydrogen) atoms. The minimum absolute atomic E-state index is 0.00168. The Balaban J connectivity index is 1.61. The third kappa shape index (κ3) is 8.80. The highest BCUT2D eigenvalue weighted by Gasteiger charge is 2.32. The SMILES string of the molecule is CC(C)NC(=O)[C@@H](Cc1ccccc1)N(Cc1c(Cl)cccc1Cl)C(=O)CCCN(c1ccc2c(c1)OCCO2)S(C)(=O)=O. The van der Waals surface area contributed by atoms with Gasteiger partial charge in [0.15, 0.2) is 11.5 Å². The van der Waals surface area contributed by atoms with Gasteiger partial charge >= 0.3 is 0 Å². The molecule has 9 nitrogen and oxygen atoms in total. The van der Waals surface area contributed by atoms with Crippen LogP contribution in [0.25, 0.3) is 0 Å². The fourth-order valence-corrected chi connectivity index (χ4v) is 6.45. The largest absolute Gasteiger partial charge is 0.486 e. The summed E-state index contributed by atoms with van der Waals surface area (Å²) in [6, 6.07) is 18.4. The highest BCUT2D eigenvalue weighted by molar-refractivity contribution is 7.92. The van der Waals surface area contributed by atoms with Crippen molar-refractivity contribution >= 4 is 50.7 Å². The van der Waals surface area contributed by atoms with E-state index in [2.05, 4.69) is 5.32 Å². The maximum Gasteiger partial charge on any atom is 0.243 e. The van der Waals surface area contributed by atoms with Gasteiger partial charge in [0, 0.05) is 53.6 Å². The zero-order valence-corrected chi connectivity index (χ0v) is 27.3. The molecule has 0 radical (unpaired) electrons. The molecule has 1 heterocycles. The molecule has 0 saturated heterocycles. The molecule has 0 bridgehead atoms. The van der Waals surface area contributed by atoms with Gasteiger partial charge in [-0.25, -0.2) is 8.42 Å². The fraction of sp³-hybridized carbons (Fsp3) is 0.375. The number of amides is 2. The molecule has 2 amide bonds. The van der Waals surface area contributed by atoms with Crippen molar-refractivity contribution < 1.29 is 27.5 Å². The molecule has 1 aliphatic heterocycles. The number of carbonyl (C=O) groups is 2. The van der Waals surface area contributed by atoms with E-state index in [9.17, 15) is 18.0 Å². The van der Waals surface area contributed by atoms with Gasteiger partial charge in [-0.2, -0.15) is 0 Å². The molecule has 236 valence electrons. The normalized spacial score (nSPS) is 13.3. The van der Waals surface area contributed by atoms with Crippen molar-refractivity contribution in [1.29, 1.82) is 0 Å². The van der Waals surface area contributed by atoms with E-state index in [1.165, 1.54) is 9.21 Å². The zero-order valence-electron chi connectivity index (χ0n) is 25.0. The predicted molar refractivity (Wildman–Crippen MR) is 173 cm³/mol. The summed E-state index contributed by atoms with van der Waals surface area (Å²) in [5.41, 5.74) is 1.80. The van der Waals surface area contributed by atoms with Gasteiger partial charge in [-0.1, -0.05) is 59.6 Å². The number of fused-ring (bicyclic) bond motifs is 1. The van der Waals surface area contributed by atoms with Gasteiger partial charge in [-0.3, -0.25) is 13.9 Å². The summed E-state index contributed by atoms with van der Waals surface area (Å²) in [4.78, 5) is 29.1. The average Bonchev–Trinajstić information content (AvgIpc) is 2.97. The van der Waals surface area contributed by atoms with E-state index in [1.54, 1.807) is 36.4 Å². The van der Waals surface area contributed by atoms with Crippen molar-refractivity contribution in [3.05, 3.63) is 87.9 Å². The lowest BCUT2D eigenvalue weighted by Gasteiger charge is -2.33. The molecule has 3 aromatic carbocycles. The van der Waals surface area contributed by atoms with Crippen LogP contribution in [0.4, 0.5) is 5.69 Å². The van der Waals surface area contributed by atoms with Crippen molar-refractivity contribution in [2.75, 3.05) is 30.3 Å². The summed E-state index contributed by atoms with van der Waals surface area (Å²) in [7, 11) is -3.69. The molecule has 12 heteroatoms. The van der Waals surface area contributed by atoms with Crippen molar-refractivity contribution in [2.45, 2.75) is 51.7 Å². The first kappa shape index (κ1) is 33.4. The van der Waals surface area contributed by atoms with Crippen LogP contribution in [0, 0.1) is 0 Å². The summed E-state index contributed by atoms with van der Waals surface area (Å²) in [6.45, 7) is 4.52. The smallest absolute Gasteiger partial charge is 0.243 e. The molecule has 3 aromatic rings. The van der Waals surface area contributed by atoms with Gasteiger partial charge in [0.25, 0.3) is 0 Å². The maximum absolute atomic E-state index is 14.0. The van der Waals surface area contributed by atoms with Gasteiger partial charge in [0.2, 0.25) is 21.8 Å². The Labute approximate surface area is 269 Å². The van der Waals surface area contributed by atoms with Crippen molar-refractivity contribution in [2.24, 2.45) is 0 Å². The van der Waals surface area contributed by atoms with E-state index < -0.39 is 16.1 Å². The average molecular weight is 663 g/mol. The van der Waals surface area contributed by atoms with Gasteiger partial charge < -0.3 is 19.7 Å². The van der Waals surface area contributed by atoms with Gasteiger partial charge in [0.05, 0.1) is 11.9 Å². The quantitative estimate of drug-likeness (QED) is 0.260. The molecule has 1 atom stereocenters. The minimum atomic E-state index is -3.69. The van der Waals surface area contributed by atoms with E-state index in [-0.39, 0.29) is 50.2 Å². The summed E-state index contributed by atoms with van der Waals surface area (Å²) in [5, 5.41) is 3.70. The van der Waals surface area contributed by atoms with E-state index in [0.29, 0.717) is 46.0 Å². The molecule has 0 saturated carbocycles. The molecular weight excluding hydrogens is 625 g/mol. The lowest BCUT2D eigenvalue weighted by molar-refractivity contribution is -0.141. The first-order valence-electron chi connectivity index (χ1n) is 14.4. The van der Waals surface area contributed by atoms with Crippen LogP contribution in [0.1, 0.15) is 37.8 Å². The molecule has 1 aliphatic rings. The Kier molecular flexibility index (Phi) is 11.4. The number of rotatable bonds is 13. The monoisotopic (exact) mass is 661 g/mol. The molecule has 0 spiro atoms. The van der Waals surface area contributed by atoms with Crippen LogP contribution in [0.15, 0.2) is 66.7 Å². The Bertz CT molecular complexity index is 1550. The van der Waals surface area contributed by atoms with Crippen LogP contribution in [-0.2, 0) is 32.6 Å². The summed E-state index contributed by atoms with van der Waals surface area (Å²) >= 11 is 13.0. The number of nitrogens with zero attached hydrogens (tertiary/aromatic N) is 2. The van der Waals surface area contributed by atoms with Crippen LogP contribution >= 0.6 is 23.2 Å². The van der Waals surface area contributed by atoms with Crippen LogP contribution in [0.3, 0.4) is 0 Å². The second-order valence-electron chi connectivity index (χ2n) is 10.9. The number of benzene rings is 3. The third-order valence-electron chi connectivity index (χ3n) is 7.06. The standard InChI is InChI=1S/C32H37Cl2N3O6S/c1-22(2)35-32(39)28(19-23-9-5-4-6-10-23)36(21-25-26(33)11-7-12-27(25)34)31(38)13-8-16-37(44(3,40)41)24-14-15-29-30(20-24)43-18-17-42-29/h4-7,9-12,14-15,20,22,28H,8,13,16-19,21H2,1-3H3,(H,35,39)/t28-/m1/s1. The summed E-state index contributed by atoms with van der Waals surface area (Å²) < 4.78 is 38.0. The zero-order chi connectivity index (χ0) is 31.9. The highest BCUT2D eigenvalue weighted by atomic mass is 35.5. The van der Waals surface area contributed by atoms with E-state index in [4.69, 9.17) is 32.7 Å². The molecular formula is C32H37Cl2N3O6S. The van der Waals surface area contributed by atoms with Crippen molar-refractivity contribution in [3.63, 3.8) is 0 Å². The topological polar surface area (TPSA) is 105 Å². The number of halogens is 2. The van der Waals surface area contributed by atoms with Crippen LogP contribution in [0.5, 0.6) is 11.5 Å². The van der Waals surface area contributed by atoms with Crippen LogP contribution < -0.4 is 19.1 Å². The first-order valence-corrected chi connectivity index (χ1v) is 17.0. The maximum atomic E-state index is 14.0. The Hall–Kier alpha value is -3.47. The Morgan fingerprint density at radius 2 is 1.59 bits per heavy atom. The highest BCUT2D eigenvalue weighted by Crippen LogP contribution is 2.35. The molecule has 0 unspecified atom stereocenters. The van der Waals surface area contributed by atoms with E-state index in [1.807, 2.05) is 44.2 Å². The lowest BCUT2D eigenvalue weighted by Crippen LogP contribution is -2.52. The summed E-state index contributed by atoms with van der Waals surface area (Å²) in [5.74, 6) is 0.355. The van der Waals surface area contributed by atoms with Crippen molar-refractivity contribution in [1.82, 2.24) is 10.2 Å². The second kappa shape index (κ2) is 15.0. The first-order chi connectivity index (χ1) is 20.9. The lowest BCUT2D eigenvalue weighted by atomic mass is 10.0. The fourth-order valence-electron chi connectivity index (χ4n) is 4.98. The van der Waals surface area contributed by atoms with Gasteiger partial charge in [0.1, 0.15) is 19.3 Å². The Morgan fingerprint density at radius 1 is 0.932 bits per heavy atom. The molecule has 1 N–H and O–H groups in total. The Morgan fingerprint density at radius 3 is 2.23 bits per heavy atom. The minimum Gasteiger partial charge on any atom is -0.486 e. The summed E-state index contributed by atoms with van der Waals surface area (Å²) in [6.07, 6.45) is 1.54. The number of carbonyl (C=O) groups excluding carboxylic acids is 2. The number of anilines is 1. The van der Waals surface area contributed by atoms with Gasteiger partial charge in [-0.15, -0.1) is 0 Å². The van der Waals surface area contributed by atoms with E-state index >= 15 is 0 Å². The van der Waals surface area contributed by atoms with Gasteiger partial charge in [-0.05, 0) is 50.1 Å². The molecule has 0 fully saturated rings. The number of ether oxygens (including phenoxy) is 2.